The highest BCUT2D eigenvalue weighted by atomic mass is 19.4. The van der Waals surface area contributed by atoms with Crippen molar-refractivity contribution in [2.24, 2.45) is 0 Å². The largest absolute Gasteiger partial charge is 0.573 e. The van der Waals surface area contributed by atoms with E-state index in [1.165, 1.54) is 43.8 Å². The molecule has 0 fully saturated rings. The van der Waals surface area contributed by atoms with Crippen LogP contribution >= 0.6 is 0 Å². The second-order valence-corrected chi connectivity index (χ2v) is 4.92. The maximum atomic E-state index is 12.6. The van der Waals surface area contributed by atoms with E-state index in [1.807, 2.05) is 0 Å². The Kier molecular flexibility index (Phi) is 5.40. The molecule has 1 amide bonds. The average Bonchev–Trinajstić information content (AvgIpc) is 2.54. The summed E-state index contributed by atoms with van der Waals surface area (Å²) in [7, 11) is 1.27. The Hall–Kier alpha value is -2.61. The monoisotopic (exact) mass is 340 g/mol. The number of alkyl halides is 3. The molecule has 0 spiro atoms. The minimum atomic E-state index is -4.85. The number of nitrogens with one attached hydrogen (secondary N) is 1. The van der Waals surface area contributed by atoms with Crippen LogP contribution in [0, 0.1) is 6.92 Å². The number of hydrogen-bond acceptors (Lipinski definition) is 4. The lowest BCUT2D eigenvalue weighted by atomic mass is 10.1. The van der Waals surface area contributed by atoms with Crippen molar-refractivity contribution in [1.29, 1.82) is 0 Å². The van der Waals surface area contributed by atoms with Crippen molar-refractivity contribution in [3.63, 3.8) is 0 Å². The van der Waals surface area contributed by atoms with E-state index in [0.717, 1.165) is 0 Å². The highest BCUT2D eigenvalue weighted by Crippen LogP contribution is 2.31. The molecule has 0 aliphatic carbocycles. The molecule has 128 valence electrons. The Morgan fingerprint density at radius 2 is 2.04 bits per heavy atom. The van der Waals surface area contributed by atoms with Crippen LogP contribution in [-0.4, -0.2) is 24.4 Å². The molecule has 1 aromatic carbocycles. The second-order valence-electron chi connectivity index (χ2n) is 4.92. The number of aromatic nitrogens is 1. The zero-order valence-electron chi connectivity index (χ0n) is 12.9. The number of amides is 1. The number of hydrogen-bond donors (Lipinski definition) is 1. The van der Waals surface area contributed by atoms with Gasteiger partial charge in [0, 0.05) is 25.1 Å². The summed E-state index contributed by atoms with van der Waals surface area (Å²) in [6.45, 7) is 1.70. The van der Waals surface area contributed by atoms with Crippen LogP contribution in [0.1, 0.15) is 27.7 Å². The molecule has 1 unspecified atom stereocenters. The van der Waals surface area contributed by atoms with E-state index in [2.05, 4.69) is 15.0 Å². The first kappa shape index (κ1) is 17.7. The lowest BCUT2D eigenvalue weighted by molar-refractivity contribution is -0.275. The smallest absolute Gasteiger partial charge is 0.405 e. The van der Waals surface area contributed by atoms with Crippen molar-refractivity contribution < 1.29 is 27.4 Å². The fourth-order valence-corrected chi connectivity index (χ4v) is 2.05. The van der Waals surface area contributed by atoms with Gasteiger partial charge in [-0.25, -0.2) is 0 Å². The van der Waals surface area contributed by atoms with Gasteiger partial charge in [-0.15, -0.1) is 13.2 Å². The van der Waals surface area contributed by atoms with Gasteiger partial charge in [0.2, 0.25) is 0 Å². The maximum absolute atomic E-state index is 12.6. The molecule has 1 heterocycles. The standard InChI is InChI=1S/C16H15F3N2O3/c1-10-5-6-13(24-16(17,18)19)12(8-10)15(23-2)21-14(22)11-4-3-7-20-9-11/h3-9,15H,1-2H3,(H,21,22). The highest BCUT2D eigenvalue weighted by Gasteiger charge is 2.33. The summed E-state index contributed by atoms with van der Waals surface area (Å²) in [6.07, 6.45) is -3.13. The van der Waals surface area contributed by atoms with E-state index in [-0.39, 0.29) is 11.1 Å². The van der Waals surface area contributed by atoms with Crippen LogP contribution in [0.4, 0.5) is 13.2 Å². The predicted octanol–water partition coefficient (Wildman–Crippen LogP) is 3.36. The molecular formula is C16H15F3N2O3. The molecular weight excluding hydrogens is 325 g/mol. The zero-order valence-corrected chi connectivity index (χ0v) is 12.9. The number of rotatable bonds is 5. The van der Waals surface area contributed by atoms with E-state index in [1.54, 1.807) is 13.0 Å². The molecule has 24 heavy (non-hydrogen) atoms. The lowest BCUT2D eigenvalue weighted by Crippen LogP contribution is -2.30. The molecule has 0 aliphatic heterocycles. The molecule has 0 radical (unpaired) electrons. The number of carbonyl (C=O) groups is 1. The Labute approximate surface area is 136 Å². The van der Waals surface area contributed by atoms with Gasteiger partial charge in [0.25, 0.3) is 5.91 Å². The van der Waals surface area contributed by atoms with Gasteiger partial charge in [-0.3, -0.25) is 9.78 Å². The summed E-state index contributed by atoms with van der Waals surface area (Å²) >= 11 is 0. The zero-order chi connectivity index (χ0) is 17.7. The quantitative estimate of drug-likeness (QED) is 0.848. The minimum Gasteiger partial charge on any atom is -0.405 e. The molecule has 8 heteroatoms. The van der Waals surface area contributed by atoms with Crippen LogP contribution < -0.4 is 10.1 Å². The Morgan fingerprint density at radius 3 is 2.62 bits per heavy atom. The van der Waals surface area contributed by atoms with Crippen LogP contribution in [0.15, 0.2) is 42.7 Å². The number of benzene rings is 1. The van der Waals surface area contributed by atoms with E-state index in [9.17, 15) is 18.0 Å². The summed E-state index contributed by atoms with van der Waals surface area (Å²) in [5.74, 6) is -0.971. The number of methoxy groups -OCH3 is 1. The fraction of sp³-hybridized carbons (Fsp3) is 0.250. The number of pyridine rings is 1. The van der Waals surface area contributed by atoms with Crippen molar-refractivity contribution in [3.8, 4) is 5.75 Å². The molecule has 1 aromatic heterocycles. The number of aryl methyl sites for hydroxylation is 1. The van der Waals surface area contributed by atoms with Crippen LogP contribution in [-0.2, 0) is 4.74 Å². The first-order valence-electron chi connectivity index (χ1n) is 6.90. The van der Waals surface area contributed by atoms with Crippen LogP contribution in [0.5, 0.6) is 5.75 Å². The molecule has 2 aromatic rings. The normalized spacial score (nSPS) is 12.5. The van der Waals surface area contributed by atoms with Gasteiger partial charge in [0.05, 0.1) is 5.56 Å². The average molecular weight is 340 g/mol. The second kappa shape index (κ2) is 7.31. The van der Waals surface area contributed by atoms with Crippen molar-refractivity contribution in [2.75, 3.05) is 7.11 Å². The van der Waals surface area contributed by atoms with Crippen LogP contribution in [0.2, 0.25) is 0 Å². The Bertz CT molecular complexity index is 705. The Morgan fingerprint density at radius 1 is 1.29 bits per heavy atom. The van der Waals surface area contributed by atoms with Gasteiger partial charge in [-0.2, -0.15) is 0 Å². The van der Waals surface area contributed by atoms with E-state index in [4.69, 9.17) is 4.74 Å². The summed E-state index contributed by atoms with van der Waals surface area (Å²) in [6, 6.07) is 7.21. The molecule has 0 saturated heterocycles. The molecule has 1 N–H and O–H groups in total. The SMILES string of the molecule is COC(NC(=O)c1cccnc1)c1cc(C)ccc1OC(F)(F)F. The van der Waals surface area contributed by atoms with Gasteiger partial charge in [0.15, 0.2) is 6.23 Å². The molecule has 5 nitrogen and oxygen atoms in total. The fourth-order valence-electron chi connectivity index (χ4n) is 2.05. The number of ether oxygens (including phenoxy) is 2. The molecule has 1 atom stereocenters. The predicted molar refractivity (Wildman–Crippen MR) is 79.3 cm³/mol. The van der Waals surface area contributed by atoms with Gasteiger partial charge in [-0.05, 0) is 31.2 Å². The molecule has 0 saturated carbocycles. The van der Waals surface area contributed by atoms with Gasteiger partial charge in [-0.1, -0.05) is 11.6 Å². The molecule has 0 bridgehead atoms. The maximum Gasteiger partial charge on any atom is 0.573 e. The summed E-state index contributed by atoms with van der Waals surface area (Å²) < 4.78 is 46.8. The molecule has 0 aliphatic rings. The third-order valence-electron chi connectivity index (χ3n) is 3.10. The Balaban J connectivity index is 2.29. The van der Waals surface area contributed by atoms with Crippen LogP contribution in [0.3, 0.4) is 0 Å². The highest BCUT2D eigenvalue weighted by molar-refractivity contribution is 5.94. The third-order valence-corrected chi connectivity index (χ3v) is 3.10. The lowest BCUT2D eigenvalue weighted by Gasteiger charge is -2.21. The van der Waals surface area contributed by atoms with Gasteiger partial charge >= 0.3 is 6.36 Å². The first-order valence-corrected chi connectivity index (χ1v) is 6.90. The third kappa shape index (κ3) is 4.69. The summed E-state index contributed by atoms with van der Waals surface area (Å²) in [5, 5.41) is 2.50. The van der Waals surface area contributed by atoms with Crippen LogP contribution in [0.25, 0.3) is 0 Å². The van der Waals surface area contributed by atoms with Crippen molar-refractivity contribution in [1.82, 2.24) is 10.3 Å². The first-order chi connectivity index (χ1) is 11.3. The van der Waals surface area contributed by atoms with Crippen molar-refractivity contribution in [3.05, 3.63) is 59.4 Å². The van der Waals surface area contributed by atoms with Gasteiger partial charge in [0.1, 0.15) is 5.75 Å². The minimum absolute atomic E-state index is 0.0621. The van der Waals surface area contributed by atoms with E-state index in [0.29, 0.717) is 5.56 Å². The number of halogens is 3. The topological polar surface area (TPSA) is 60.5 Å². The summed E-state index contributed by atoms with van der Waals surface area (Å²) in [4.78, 5) is 16.0. The molecule has 2 rings (SSSR count). The number of carbonyl (C=O) groups excluding carboxylic acids is 1. The van der Waals surface area contributed by atoms with E-state index >= 15 is 0 Å². The number of nitrogens with zero attached hydrogens (tertiary/aromatic N) is 1. The van der Waals surface area contributed by atoms with Crippen molar-refractivity contribution >= 4 is 5.91 Å². The van der Waals surface area contributed by atoms with Crippen molar-refractivity contribution in [2.45, 2.75) is 19.5 Å². The van der Waals surface area contributed by atoms with E-state index < -0.39 is 24.2 Å². The summed E-state index contributed by atoms with van der Waals surface area (Å²) in [5.41, 5.74) is 1.01. The van der Waals surface area contributed by atoms with Gasteiger partial charge < -0.3 is 14.8 Å².